The fourth-order valence-electron chi connectivity index (χ4n) is 3.34. The highest BCUT2D eigenvalue weighted by atomic mass is 19.4. The van der Waals surface area contributed by atoms with Crippen molar-refractivity contribution in [2.24, 2.45) is 0 Å². The minimum absolute atomic E-state index is 0.0630. The first kappa shape index (κ1) is 20.2. The lowest BCUT2D eigenvalue weighted by atomic mass is 10.1. The van der Waals surface area contributed by atoms with Crippen molar-refractivity contribution in [1.82, 2.24) is 9.88 Å². The van der Waals surface area contributed by atoms with E-state index in [1.807, 2.05) is 0 Å². The summed E-state index contributed by atoms with van der Waals surface area (Å²) in [4.78, 5) is 33.5. The molecule has 3 rings (SSSR count). The molecule has 2 aliphatic heterocycles. The third-order valence-corrected chi connectivity index (χ3v) is 4.73. The number of alkyl halides is 3. The van der Waals surface area contributed by atoms with Crippen LogP contribution in [0.5, 0.6) is 0 Å². The van der Waals surface area contributed by atoms with Gasteiger partial charge < -0.3 is 19.4 Å². The van der Waals surface area contributed by atoms with Crippen LogP contribution in [0.3, 0.4) is 0 Å². The number of anilines is 2. The number of halogens is 3. The summed E-state index contributed by atoms with van der Waals surface area (Å²) in [5, 5.41) is 0. The zero-order chi connectivity index (χ0) is 20.9. The smallest absolute Gasteiger partial charge is 0.417 e. The van der Waals surface area contributed by atoms with Gasteiger partial charge in [0.15, 0.2) is 5.82 Å². The Labute approximate surface area is 161 Å². The molecule has 1 unspecified atom stereocenters. The summed E-state index contributed by atoms with van der Waals surface area (Å²) in [5.74, 6) is -0.0175. The number of amides is 2. The Hall–Kier alpha value is -2.52. The van der Waals surface area contributed by atoms with E-state index in [1.54, 1.807) is 25.7 Å². The second kappa shape index (κ2) is 6.82. The van der Waals surface area contributed by atoms with Crippen LogP contribution in [0.4, 0.5) is 29.5 Å². The molecule has 0 saturated carbocycles. The van der Waals surface area contributed by atoms with Gasteiger partial charge in [0.2, 0.25) is 5.91 Å². The normalized spacial score (nSPS) is 20.5. The van der Waals surface area contributed by atoms with Crippen molar-refractivity contribution in [2.75, 3.05) is 36.5 Å². The largest absolute Gasteiger partial charge is 0.444 e. The molecule has 1 atom stereocenters. The van der Waals surface area contributed by atoms with Crippen molar-refractivity contribution in [3.8, 4) is 0 Å². The molecule has 0 radical (unpaired) electrons. The molecule has 2 amide bonds. The number of piperazine rings is 1. The minimum atomic E-state index is -4.55. The first-order valence-corrected chi connectivity index (χ1v) is 8.95. The Bertz CT molecular complexity index is 791. The topological polar surface area (TPSA) is 66.0 Å². The van der Waals surface area contributed by atoms with E-state index in [4.69, 9.17) is 4.74 Å². The molecule has 3 heterocycles. The number of carbonyl (C=O) groups excluding carboxylic acids is 2. The molecular formula is C18H23F3N4O3. The maximum Gasteiger partial charge on any atom is 0.417 e. The molecular weight excluding hydrogens is 377 g/mol. The van der Waals surface area contributed by atoms with Crippen LogP contribution in [-0.2, 0) is 15.7 Å². The lowest BCUT2D eigenvalue weighted by Gasteiger charge is -2.41. The van der Waals surface area contributed by atoms with Gasteiger partial charge in [0.25, 0.3) is 0 Å². The number of nitrogens with zero attached hydrogens (tertiary/aromatic N) is 4. The van der Waals surface area contributed by atoms with E-state index >= 15 is 0 Å². The van der Waals surface area contributed by atoms with Gasteiger partial charge in [0, 0.05) is 39.3 Å². The summed E-state index contributed by atoms with van der Waals surface area (Å²) in [6, 6.07) is 0.560. The van der Waals surface area contributed by atoms with Crippen molar-refractivity contribution in [2.45, 2.75) is 45.0 Å². The van der Waals surface area contributed by atoms with Gasteiger partial charge >= 0.3 is 12.3 Å². The number of hydrogen-bond acceptors (Lipinski definition) is 5. The average molecular weight is 400 g/mol. The molecule has 10 heteroatoms. The molecule has 2 aliphatic rings. The molecule has 1 aromatic heterocycles. The lowest BCUT2D eigenvalue weighted by molar-refractivity contribution is -0.137. The fourth-order valence-corrected chi connectivity index (χ4v) is 3.34. The Morgan fingerprint density at radius 2 is 1.93 bits per heavy atom. The highest BCUT2D eigenvalue weighted by Crippen LogP contribution is 2.38. The maximum absolute atomic E-state index is 13.1. The summed E-state index contributed by atoms with van der Waals surface area (Å²) < 4.78 is 44.6. The lowest BCUT2D eigenvalue weighted by Crippen LogP contribution is -2.56. The van der Waals surface area contributed by atoms with Gasteiger partial charge in [-0.15, -0.1) is 0 Å². The van der Waals surface area contributed by atoms with Crippen LogP contribution in [-0.4, -0.2) is 60.2 Å². The number of carbonyl (C=O) groups is 2. The fraction of sp³-hybridized carbons (Fsp3) is 0.611. The van der Waals surface area contributed by atoms with Crippen LogP contribution in [0.15, 0.2) is 12.3 Å². The molecule has 28 heavy (non-hydrogen) atoms. The van der Waals surface area contributed by atoms with E-state index < -0.39 is 23.4 Å². The first-order valence-electron chi connectivity index (χ1n) is 8.95. The second-order valence-corrected chi connectivity index (χ2v) is 7.99. The predicted molar refractivity (Wildman–Crippen MR) is 96.2 cm³/mol. The van der Waals surface area contributed by atoms with Gasteiger partial charge in [-0.25, -0.2) is 9.78 Å². The van der Waals surface area contributed by atoms with Crippen LogP contribution >= 0.6 is 0 Å². The Morgan fingerprint density at radius 1 is 1.25 bits per heavy atom. The zero-order valence-electron chi connectivity index (χ0n) is 16.2. The van der Waals surface area contributed by atoms with Crippen LogP contribution in [0, 0.1) is 0 Å². The maximum atomic E-state index is 13.1. The van der Waals surface area contributed by atoms with Crippen LogP contribution < -0.4 is 9.80 Å². The molecule has 1 aromatic rings. The summed E-state index contributed by atoms with van der Waals surface area (Å²) >= 11 is 0. The molecule has 0 spiro atoms. The highest BCUT2D eigenvalue weighted by molar-refractivity contribution is 5.98. The average Bonchev–Trinajstić information content (AvgIpc) is 2.67. The SMILES string of the molecule is CN1C(=O)CC2CN(C(=O)OC(C)(C)C)CCN2c2ncc(C(F)(F)F)cc21. The third-order valence-electron chi connectivity index (χ3n) is 4.73. The molecule has 0 N–H and O–H groups in total. The number of aromatic nitrogens is 1. The molecule has 0 bridgehead atoms. The van der Waals surface area contributed by atoms with Gasteiger partial charge in [0.05, 0.1) is 17.3 Å². The standard InChI is InChI=1S/C18H23F3N4O3/c1-17(2,3)28-16(27)24-5-6-25-12(10-24)8-14(26)23(4)13-7-11(18(19,20)21)9-22-15(13)25/h7,9,12H,5-6,8,10H2,1-4H3. The monoisotopic (exact) mass is 400 g/mol. The summed E-state index contributed by atoms with van der Waals surface area (Å²) in [5.41, 5.74) is -1.43. The van der Waals surface area contributed by atoms with Crippen LogP contribution in [0.25, 0.3) is 0 Å². The van der Waals surface area contributed by atoms with E-state index in [9.17, 15) is 22.8 Å². The number of fused-ring (bicyclic) bond motifs is 3. The molecule has 0 aromatic carbocycles. The summed E-state index contributed by atoms with van der Waals surface area (Å²) in [6.45, 7) is 6.20. The number of rotatable bonds is 0. The minimum Gasteiger partial charge on any atom is -0.444 e. The van der Waals surface area contributed by atoms with Crippen molar-refractivity contribution in [3.63, 3.8) is 0 Å². The van der Waals surface area contributed by atoms with E-state index in [2.05, 4.69) is 4.98 Å². The van der Waals surface area contributed by atoms with Crippen molar-refractivity contribution in [3.05, 3.63) is 17.8 Å². The molecule has 1 saturated heterocycles. The number of ether oxygens (including phenoxy) is 1. The van der Waals surface area contributed by atoms with E-state index in [0.717, 1.165) is 12.3 Å². The quantitative estimate of drug-likeness (QED) is 0.670. The number of hydrogen-bond donors (Lipinski definition) is 0. The molecule has 1 fully saturated rings. The number of pyridine rings is 1. The highest BCUT2D eigenvalue weighted by Gasteiger charge is 2.40. The Balaban J connectivity index is 1.90. The van der Waals surface area contributed by atoms with Crippen molar-refractivity contribution < 1.29 is 27.5 Å². The predicted octanol–water partition coefficient (Wildman–Crippen LogP) is 2.89. The van der Waals surface area contributed by atoms with Gasteiger partial charge in [-0.1, -0.05) is 0 Å². The Morgan fingerprint density at radius 3 is 2.54 bits per heavy atom. The van der Waals surface area contributed by atoms with Gasteiger partial charge in [-0.05, 0) is 26.8 Å². The molecule has 7 nitrogen and oxygen atoms in total. The Kier molecular flexibility index (Phi) is 4.93. The molecule has 0 aliphatic carbocycles. The van der Waals surface area contributed by atoms with Crippen molar-refractivity contribution >= 4 is 23.5 Å². The molecule has 154 valence electrons. The van der Waals surface area contributed by atoms with Crippen LogP contribution in [0.2, 0.25) is 0 Å². The first-order chi connectivity index (χ1) is 12.9. The van der Waals surface area contributed by atoms with Crippen molar-refractivity contribution in [1.29, 1.82) is 0 Å². The van der Waals surface area contributed by atoms with Gasteiger partial charge in [-0.2, -0.15) is 13.2 Å². The van der Waals surface area contributed by atoms with E-state index in [1.165, 1.54) is 16.8 Å². The zero-order valence-corrected chi connectivity index (χ0v) is 16.2. The van der Waals surface area contributed by atoms with Gasteiger partial charge in [0.1, 0.15) is 5.60 Å². The van der Waals surface area contributed by atoms with E-state index in [0.29, 0.717) is 18.9 Å². The van der Waals surface area contributed by atoms with Crippen LogP contribution in [0.1, 0.15) is 32.8 Å². The third kappa shape index (κ3) is 4.00. The summed E-state index contributed by atoms with van der Waals surface area (Å²) in [6.07, 6.45) is -4.18. The van der Waals surface area contributed by atoms with Gasteiger partial charge in [-0.3, -0.25) is 4.79 Å². The summed E-state index contributed by atoms with van der Waals surface area (Å²) in [7, 11) is 1.44. The second-order valence-electron chi connectivity index (χ2n) is 7.99. The van der Waals surface area contributed by atoms with E-state index in [-0.39, 0.29) is 30.6 Å².